The van der Waals surface area contributed by atoms with E-state index >= 15 is 0 Å². The van der Waals surface area contributed by atoms with E-state index in [9.17, 15) is 5.11 Å². The van der Waals surface area contributed by atoms with E-state index in [4.69, 9.17) is 4.74 Å². The minimum absolute atomic E-state index is 0. The van der Waals surface area contributed by atoms with Crippen LogP contribution in [-0.2, 0) is 5.41 Å². The molecule has 2 heterocycles. The lowest BCUT2D eigenvalue weighted by Gasteiger charge is -2.27. The number of hydrogen-bond acceptors (Lipinski definition) is 2. The molecule has 2 aliphatic heterocycles. The van der Waals surface area contributed by atoms with E-state index in [2.05, 4.69) is 83.8 Å². The molecule has 0 radical (unpaired) electrons. The van der Waals surface area contributed by atoms with E-state index in [1.807, 2.05) is 6.07 Å². The van der Waals surface area contributed by atoms with Crippen LogP contribution in [-0.4, -0.2) is 21.9 Å². The molecule has 1 aliphatic carbocycles. The Bertz CT molecular complexity index is 1220. The second kappa shape index (κ2) is 8.82. The van der Waals surface area contributed by atoms with Crippen molar-refractivity contribution in [2.24, 2.45) is 0 Å². The number of phenolic OH excluding ortho intramolecular Hbond substituents is 1. The minimum Gasteiger partial charge on any atom is -1.00 e. The maximum absolute atomic E-state index is 10.1. The highest BCUT2D eigenvalue weighted by molar-refractivity contribution is 9.10. The number of hydrogen-bond donors (Lipinski definition) is 1. The molecule has 0 amide bonds. The van der Waals surface area contributed by atoms with Crippen LogP contribution < -0.4 is 28.7 Å². The summed E-state index contributed by atoms with van der Waals surface area (Å²) < 4.78 is 9.43. The average molecular weight is 604 g/mol. The third-order valence-corrected chi connectivity index (χ3v) is 7.29. The molecule has 0 fully saturated rings. The molecule has 0 atom stereocenters. The summed E-state index contributed by atoms with van der Waals surface area (Å²) in [5.41, 5.74) is 7.43. The number of fused-ring (bicyclic) bond motifs is 3. The van der Waals surface area contributed by atoms with Crippen LogP contribution in [0.1, 0.15) is 51.2 Å². The third-order valence-electron chi connectivity index (χ3n) is 6.65. The number of allylic oxidation sites excluding steroid dienone is 4. The molecule has 0 aromatic heterocycles. The Balaban J connectivity index is 0.00000245. The van der Waals surface area contributed by atoms with Crippen LogP contribution in [0.25, 0.3) is 6.08 Å². The zero-order chi connectivity index (χ0) is 21.8. The van der Waals surface area contributed by atoms with Crippen LogP contribution in [0.4, 0.5) is 5.69 Å². The van der Waals surface area contributed by atoms with Crippen molar-refractivity contribution in [1.82, 2.24) is 0 Å². The van der Waals surface area contributed by atoms with Crippen LogP contribution in [0.5, 0.6) is 11.5 Å². The van der Waals surface area contributed by atoms with Gasteiger partial charge in [0.2, 0.25) is 5.69 Å². The molecule has 5 rings (SSSR count). The Hall–Kier alpha value is -1.86. The second-order valence-corrected chi connectivity index (χ2v) is 9.78. The Morgan fingerprint density at radius 1 is 1.16 bits per heavy atom. The van der Waals surface area contributed by atoms with Gasteiger partial charge in [-0.25, -0.2) is 0 Å². The smallest absolute Gasteiger partial charge is 0.209 e. The van der Waals surface area contributed by atoms with Gasteiger partial charge in [0, 0.05) is 29.3 Å². The van der Waals surface area contributed by atoms with Crippen molar-refractivity contribution in [1.29, 1.82) is 0 Å². The van der Waals surface area contributed by atoms with Crippen LogP contribution in [0.3, 0.4) is 0 Å². The molecule has 0 saturated carbocycles. The summed E-state index contributed by atoms with van der Waals surface area (Å²) in [4.78, 5) is 0. The number of aromatic hydroxyl groups is 1. The summed E-state index contributed by atoms with van der Waals surface area (Å²) in [6, 6.07) is 12.3. The Kier molecular flexibility index (Phi) is 6.43. The molecular formula is C27H27BrINO2. The Morgan fingerprint density at radius 3 is 2.72 bits per heavy atom. The number of rotatable bonds is 3. The predicted octanol–water partition coefficient (Wildman–Crippen LogP) is 4.03. The first kappa shape index (κ1) is 23.3. The minimum atomic E-state index is -0.0419. The SMILES string of the molecule is CC[N+]1=C(/C=C/C2=C3Oc4cc(O)c(Br)cc4C=C3CCC2)C(C)(C)c2ccccc21.[I-]. The fourth-order valence-corrected chi connectivity index (χ4v) is 5.41. The molecule has 5 heteroatoms. The zero-order valence-corrected chi connectivity index (χ0v) is 22.3. The average Bonchev–Trinajstić information content (AvgIpc) is 2.98. The van der Waals surface area contributed by atoms with Gasteiger partial charge in [-0.05, 0) is 85.3 Å². The molecule has 0 spiro atoms. The number of ether oxygens (including phenoxy) is 1. The van der Waals surface area contributed by atoms with Crippen molar-refractivity contribution in [3.8, 4) is 11.5 Å². The summed E-state index contributed by atoms with van der Waals surface area (Å²) in [6.07, 6.45) is 9.85. The summed E-state index contributed by atoms with van der Waals surface area (Å²) >= 11 is 3.41. The van der Waals surface area contributed by atoms with Gasteiger partial charge in [-0.2, -0.15) is 4.58 Å². The lowest BCUT2D eigenvalue weighted by atomic mass is 9.81. The molecule has 1 N–H and O–H groups in total. The number of halogens is 2. The molecule has 3 nitrogen and oxygen atoms in total. The van der Waals surface area contributed by atoms with Crippen molar-refractivity contribution in [3.05, 3.63) is 81.1 Å². The molecular weight excluding hydrogens is 577 g/mol. The molecule has 2 aromatic rings. The molecule has 32 heavy (non-hydrogen) atoms. The standard InChI is InChI=1S/C27H26BrNO2.HI/c1-4-29-22-11-6-5-10-20(22)27(2,3)25(29)13-12-17-8-7-9-18-14-19-15-21(28)23(30)16-24(19)31-26(17)18;/h5-6,10-16H,4,7-9H2,1-3H3;1H. The van der Waals surface area contributed by atoms with Gasteiger partial charge in [0.05, 0.1) is 9.89 Å². The van der Waals surface area contributed by atoms with Gasteiger partial charge in [-0.1, -0.05) is 18.2 Å². The van der Waals surface area contributed by atoms with E-state index < -0.39 is 0 Å². The summed E-state index contributed by atoms with van der Waals surface area (Å²) in [5.74, 6) is 1.86. The van der Waals surface area contributed by atoms with Crippen molar-refractivity contribution in [2.75, 3.05) is 6.54 Å². The lowest BCUT2D eigenvalue weighted by molar-refractivity contribution is -0.433. The van der Waals surface area contributed by atoms with E-state index in [0.717, 1.165) is 37.1 Å². The highest BCUT2D eigenvalue weighted by atomic mass is 127. The highest BCUT2D eigenvalue weighted by Gasteiger charge is 2.43. The molecule has 0 unspecified atom stereocenters. The number of benzene rings is 2. The summed E-state index contributed by atoms with van der Waals surface area (Å²) in [7, 11) is 0. The number of para-hydroxylation sites is 1. The van der Waals surface area contributed by atoms with Crippen LogP contribution in [0, 0.1) is 0 Å². The molecule has 0 bridgehead atoms. The van der Waals surface area contributed by atoms with Gasteiger partial charge >= 0.3 is 0 Å². The Morgan fingerprint density at radius 2 is 1.94 bits per heavy atom. The fourth-order valence-electron chi connectivity index (χ4n) is 5.05. The monoisotopic (exact) mass is 603 g/mol. The summed E-state index contributed by atoms with van der Waals surface area (Å²) in [6.45, 7) is 7.76. The lowest BCUT2D eigenvalue weighted by Crippen LogP contribution is -3.00. The quantitative estimate of drug-likeness (QED) is 0.425. The molecule has 166 valence electrons. The molecule has 3 aliphatic rings. The first-order chi connectivity index (χ1) is 14.9. The van der Waals surface area contributed by atoms with Crippen molar-refractivity contribution < 1.29 is 38.4 Å². The van der Waals surface area contributed by atoms with Gasteiger partial charge in [0.15, 0.2) is 5.71 Å². The first-order valence-corrected chi connectivity index (χ1v) is 11.8. The van der Waals surface area contributed by atoms with E-state index in [-0.39, 0.29) is 35.1 Å². The van der Waals surface area contributed by atoms with Gasteiger partial charge in [-0.3, -0.25) is 0 Å². The van der Waals surface area contributed by atoms with Gasteiger partial charge in [0.25, 0.3) is 0 Å². The number of nitrogens with zero attached hydrogens (tertiary/aromatic N) is 1. The zero-order valence-electron chi connectivity index (χ0n) is 18.6. The van der Waals surface area contributed by atoms with Crippen LogP contribution in [0.2, 0.25) is 0 Å². The maximum atomic E-state index is 10.1. The van der Waals surface area contributed by atoms with Crippen molar-refractivity contribution >= 4 is 33.4 Å². The predicted molar refractivity (Wildman–Crippen MR) is 129 cm³/mol. The van der Waals surface area contributed by atoms with Gasteiger partial charge < -0.3 is 33.8 Å². The maximum Gasteiger partial charge on any atom is 0.209 e. The van der Waals surface area contributed by atoms with E-state index in [1.54, 1.807) is 6.07 Å². The third kappa shape index (κ3) is 3.77. The normalized spacial score (nSPS) is 18.6. The van der Waals surface area contributed by atoms with E-state index in [1.165, 1.54) is 28.1 Å². The Labute approximate surface area is 215 Å². The van der Waals surface area contributed by atoms with Crippen LogP contribution in [0.15, 0.2) is 69.9 Å². The van der Waals surface area contributed by atoms with Gasteiger partial charge in [-0.15, -0.1) is 0 Å². The van der Waals surface area contributed by atoms with Crippen molar-refractivity contribution in [3.63, 3.8) is 0 Å². The fraction of sp³-hybridized carbons (Fsp3) is 0.296. The van der Waals surface area contributed by atoms with E-state index in [0.29, 0.717) is 10.2 Å². The summed E-state index contributed by atoms with van der Waals surface area (Å²) in [5, 5.41) is 10.1. The number of phenols is 1. The highest BCUT2D eigenvalue weighted by Crippen LogP contribution is 2.43. The topological polar surface area (TPSA) is 32.5 Å². The van der Waals surface area contributed by atoms with Crippen LogP contribution >= 0.6 is 15.9 Å². The molecule has 0 saturated heterocycles. The van der Waals surface area contributed by atoms with Gasteiger partial charge in [0.1, 0.15) is 23.8 Å². The second-order valence-electron chi connectivity index (χ2n) is 8.93. The first-order valence-electron chi connectivity index (χ1n) is 11.0. The molecule has 2 aromatic carbocycles. The van der Waals surface area contributed by atoms with Crippen molar-refractivity contribution in [2.45, 2.75) is 45.4 Å². The largest absolute Gasteiger partial charge is 1.00 e.